The van der Waals surface area contributed by atoms with Gasteiger partial charge in [-0.2, -0.15) is 5.10 Å². The highest BCUT2D eigenvalue weighted by atomic mass is 16.5. The minimum atomic E-state index is -0.270. The maximum atomic E-state index is 12.5. The third-order valence-electron chi connectivity index (χ3n) is 4.83. The Labute approximate surface area is 191 Å². The SMILES string of the molecule is COc1ccccc1NC(=O)c1ccc(NC(=O)CNc2ccn(-c3ccccc3)n2)cc1. The van der Waals surface area contributed by atoms with E-state index in [0.717, 1.165) is 5.69 Å². The average molecular weight is 441 g/mol. The molecule has 0 spiro atoms. The van der Waals surface area contributed by atoms with E-state index in [2.05, 4.69) is 21.0 Å². The molecule has 0 saturated carbocycles. The van der Waals surface area contributed by atoms with Gasteiger partial charge in [-0.05, 0) is 48.5 Å². The number of benzene rings is 3. The normalized spacial score (nSPS) is 10.3. The van der Waals surface area contributed by atoms with Gasteiger partial charge in [0.05, 0.1) is 25.0 Å². The first-order valence-electron chi connectivity index (χ1n) is 10.3. The van der Waals surface area contributed by atoms with Crippen LogP contribution in [0.4, 0.5) is 17.2 Å². The highest BCUT2D eigenvalue weighted by molar-refractivity contribution is 6.05. The molecule has 1 heterocycles. The maximum absolute atomic E-state index is 12.5. The van der Waals surface area contributed by atoms with Gasteiger partial charge in [-0.3, -0.25) is 9.59 Å². The smallest absolute Gasteiger partial charge is 0.255 e. The van der Waals surface area contributed by atoms with Gasteiger partial charge >= 0.3 is 0 Å². The zero-order valence-corrected chi connectivity index (χ0v) is 18.0. The average Bonchev–Trinajstić information content (AvgIpc) is 3.33. The minimum Gasteiger partial charge on any atom is -0.495 e. The highest BCUT2D eigenvalue weighted by Gasteiger charge is 2.10. The number of para-hydroxylation sites is 3. The lowest BCUT2D eigenvalue weighted by Gasteiger charge is -2.10. The van der Waals surface area contributed by atoms with E-state index in [0.29, 0.717) is 28.5 Å². The maximum Gasteiger partial charge on any atom is 0.255 e. The molecule has 0 aliphatic carbocycles. The van der Waals surface area contributed by atoms with Crippen molar-refractivity contribution in [3.8, 4) is 11.4 Å². The molecule has 3 N–H and O–H groups in total. The summed E-state index contributed by atoms with van der Waals surface area (Å²) in [5, 5.41) is 13.0. The Kier molecular flexibility index (Phi) is 6.65. The van der Waals surface area contributed by atoms with Crippen molar-refractivity contribution >= 4 is 29.0 Å². The van der Waals surface area contributed by atoms with Crippen LogP contribution < -0.4 is 20.7 Å². The number of nitrogens with one attached hydrogen (secondary N) is 3. The molecule has 0 saturated heterocycles. The number of nitrogens with zero attached hydrogens (tertiary/aromatic N) is 2. The summed E-state index contributed by atoms with van der Waals surface area (Å²) in [5.41, 5.74) is 2.57. The van der Waals surface area contributed by atoms with Gasteiger partial charge < -0.3 is 20.7 Å². The lowest BCUT2D eigenvalue weighted by Crippen LogP contribution is -2.22. The zero-order valence-electron chi connectivity index (χ0n) is 18.0. The van der Waals surface area contributed by atoms with Crippen molar-refractivity contribution in [1.82, 2.24) is 9.78 Å². The van der Waals surface area contributed by atoms with Crippen LogP contribution in [0.15, 0.2) is 91.1 Å². The van der Waals surface area contributed by atoms with Crippen LogP contribution in [-0.2, 0) is 4.79 Å². The molecular weight excluding hydrogens is 418 g/mol. The van der Waals surface area contributed by atoms with Crippen molar-refractivity contribution in [3.05, 3.63) is 96.7 Å². The third-order valence-corrected chi connectivity index (χ3v) is 4.83. The molecule has 4 rings (SSSR count). The number of carbonyl (C=O) groups is 2. The van der Waals surface area contributed by atoms with Gasteiger partial charge in [-0.25, -0.2) is 4.68 Å². The first kappa shape index (κ1) is 21.6. The van der Waals surface area contributed by atoms with Crippen LogP contribution in [0.1, 0.15) is 10.4 Å². The number of rotatable bonds is 8. The molecule has 0 unspecified atom stereocenters. The molecule has 0 atom stereocenters. The van der Waals surface area contributed by atoms with Crippen LogP contribution in [0.25, 0.3) is 5.69 Å². The van der Waals surface area contributed by atoms with Crippen LogP contribution in [0.3, 0.4) is 0 Å². The monoisotopic (exact) mass is 441 g/mol. The molecule has 8 heteroatoms. The molecule has 166 valence electrons. The molecule has 1 aromatic heterocycles. The van der Waals surface area contributed by atoms with Crippen LogP contribution in [-0.4, -0.2) is 35.2 Å². The predicted molar refractivity (Wildman–Crippen MR) is 128 cm³/mol. The summed E-state index contributed by atoms with van der Waals surface area (Å²) in [6, 6.07) is 25.3. The standard InChI is InChI=1S/C25H23N5O3/c1-33-22-10-6-5-9-21(22)28-25(32)18-11-13-19(14-12-18)27-24(31)17-26-23-15-16-30(29-23)20-7-3-2-4-8-20/h2-16H,17H2,1H3,(H,26,29)(H,27,31)(H,28,32). The summed E-state index contributed by atoms with van der Waals surface area (Å²) in [6.45, 7) is 0.0574. The quantitative estimate of drug-likeness (QED) is 0.381. The van der Waals surface area contributed by atoms with Crippen molar-refractivity contribution in [3.63, 3.8) is 0 Å². The third kappa shape index (κ3) is 5.56. The van der Waals surface area contributed by atoms with Crippen molar-refractivity contribution in [1.29, 1.82) is 0 Å². The second-order valence-electron chi connectivity index (χ2n) is 7.11. The molecule has 0 radical (unpaired) electrons. The molecule has 0 fully saturated rings. The largest absolute Gasteiger partial charge is 0.495 e. The Hall–Kier alpha value is -4.59. The van der Waals surface area contributed by atoms with Gasteiger partial charge in [0.25, 0.3) is 5.91 Å². The van der Waals surface area contributed by atoms with Gasteiger partial charge in [-0.15, -0.1) is 0 Å². The number of amides is 2. The molecule has 4 aromatic rings. The number of carbonyl (C=O) groups excluding carboxylic acids is 2. The highest BCUT2D eigenvalue weighted by Crippen LogP contribution is 2.24. The fourth-order valence-electron chi connectivity index (χ4n) is 3.17. The van der Waals surface area contributed by atoms with Crippen LogP contribution >= 0.6 is 0 Å². The summed E-state index contributed by atoms with van der Waals surface area (Å²) in [6.07, 6.45) is 1.82. The molecule has 0 aliphatic heterocycles. The lowest BCUT2D eigenvalue weighted by molar-refractivity contribution is -0.114. The van der Waals surface area contributed by atoms with E-state index in [4.69, 9.17) is 4.74 Å². The summed E-state index contributed by atoms with van der Waals surface area (Å²) in [5.74, 6) is 0.678. The van der Waals surface area contributed by atoms with Crippen LogP contribution in [0, 0.1) is 0 Å². The number of hydrogen-bond donors (Lipinski definition) is 3. The molecule has 8 nitrogen and oxygen atoms in total. The van der Waals surface area contributed by atoms with Gasteiger partial charge in [0.2, 0.25) is 5.91 Å². The topological polar surface area (TPSA) is 97.3 Å². The van der Waals surface area contributed by atoms with E-state index in [1.165, 1.54) is 0 Å². The Morgan fingerprint density at radius 2 is 1.61 bits per heavy atom. The first-order chi connectivity index (χ1) is 16.1. The van der Waals surface area contributed by atoms with E-state index >= 15 is 0 Å². The minimum absolute atomic E-state index is 0.0574. The van der Waals surface area contributed by atoms with Crippen molar-refractivity contribution in [2.24, 2.45) is 0 Å². The van der Waals surface area contributed by atoms with Crippen molar-refractivity contribution in [2.75, 3.05) is 29.6 Å². The Morgan fingerprint density at radius 3 is 2.36 bits per heavy atom. The fourth-order valence-corrected chi connectivity index (χ4v) is 3.17. The summed E-state index contributed by atoms with van der Waals surface area (Å²) >= 11 is 0. The Bertz CT molecular complexity index is 1240. The molecule has 33 heavy (non-hydrogen) atoms. The van der Waals surface area contributed by atoms with Crippen molar-refractivity contribution < 1.29 is 14.3 Å². The number of ether oxygens (including phenoxy) is 1. The molecule has 3 aromatic carbocycles. The van der Waals surface area contributed by atoms with E-state index in [1.54, 1.807) is 54.3 Å². The van der Waals surface area contributed by atoms with Crippen molar-refractivity contribution in [2.45, 2.75) is 0 Å². The number of hydrogen-bond acceptors (Lipinski definition) is 5. The first-order valence-corrected chi connectivity index (χ1v) is 10.3. The van der Waals surface area contributed by atoms with Gasteiger partial charge in [0.1, 0.15) is 11.6 Å². The lowest BCUT2D eigenvalue weighted by atomic mass is 10.2. The van der Waals surface area contributed by atoms with E-state index < -0.39 is 0 Å². The Morgan fingerprint density at radius 1 is 0.879 bits per heavy atom. The predicted octanol–water partition coefficient (Wildman–Crippen LogP) is 4.18. The Balaban J connectivity index is 1.29. The molecule has 0 aliphatic rings. The fraction of sp³-hybridized carbons (Fsp3) is 0.0800. The summed E-state index contributed by atoms with van der Waals surface area (Å²) < 4.78 is 6.98. The molecule has 2 amide bonds. The summed E-state index contributed by atoms with van der Waals surface area (Å²) in [7, 11) is 1.55. The van der Waals surface area contributed by atoms with E-state index in [-0.39, 0.29) is 18.4 Å². The van der Waals surface area contributed by atoms with Gasteiger partial charge in [0.15, 0.2) is 0 Å². The molecular formula is C25H23N5O3. The number of aromatic nitrogens is 2. The van der Waals surface area contributed by atoms with Crippen LogP contribution in [0.5, 0.6) is 5.75 Å². The summed E-state index contributed by atoms with van der Waals surface area (Å²) in [4.78, 5) is 24.8. The van der Waals surface area contributed by atoms with E-state index in [9.17, 15) is 9.59 Å². The zero-order chi connectivity index (χ0) is 23.0. The second-order valence-corrected chi connectivity index (χ2v) is 7.11. The van der Waals surface area contributed by atoms with Gasteiger partial charge in [0, 0.05) is 23.5 Å². The van der Waals surface area contributed by atoms with Gasteiger partial charge in [-0.1, -0.05) is 30.3 Å². The number of anilines is 3. The van der Waals surface area contributed by atoms with Crippen LogP contribution in [0.2, 0.25) is 0 Å². The molecule has 0 bridgehead atoms. The van der Waals surface area contributed by atoms with E-state index in [1.807, 2.05) is 48.7 Å². The second kappa shape index (κ2) is 10.1. The number of methoxy groups -OCH3 is 1.